The molecule has 0 spiro atoms. The Bertz CT molecular complexity index is 445. The third-order valence-electron chi connectivity index (χ3n) is 2.21. The lowest BCUT2D eigenvalue weighted by Gasteiger charge is -2.22. The average Bonchev–Trinajstić information content (AvgIpc) is 2.35. The third kappa shape index (κ3) is 5.54. The molecule has 3 nitrogen and oxygen atoms in total. The van der Waals surface area contributed by atoms with E-state index in [0.717, 1.165) is 0 Å². The summed E-state index contributed by atoms with van der Waals surface area (Å²) in [6.45, 7) is 5.62. The first-order valence-electron chi connectivity index (χ1n) is 5.50. The smallest absolute Gasteiger partial charge is 0.463 e. The minimum Gasteiger partial charge on any atom is -0.463 e. The second-order valence-corrected chi connectivity index (χ2v) is 11.3. The number of halogens is 3. The van der Waals surface area contributed by atoms with Crippen molar-refractivity contribution < 1.29 is 14.0 Å². The Labute approximate surface area is 127 Å². The zero-order chi connectivity index (χ0) is 14.5. The minimum atomic E-state index is -3.39. The predicted molar refractivity (Wildman–Crippen MR) is 79.4 cm³/mol. The van der Waals surface area contributed by atoms with Gasteiger partial charge in [0.1, 0.15) is 6.10 Å². The van der Waals surface area contributed by atoms with Crippen LogP contribution in [0.3, 0.4) is 0 Å². The van der Waals surface area contributed by atoms with Gasteiger partial charge in [-0.25, -0.2) is 4.79 Å². The highest BCUT2D eigenvalue weighted by atomic mass is 35.8. The van der Waals surface area contributed by atoms with Crippen molar-refractivity contribution in [2.24, 2.45) is 0 Å². The van der Waals surface area contributed by atoms with E-state index in [1.807, 2.05) is 6.07 Å². The maximum atomic E-state index is 11.7. The molecule has 0 saturated heterocycles. The van der Waals surface area contributed by atoms with E-state index in [1.54, 1.807) is 31.2 Å². The molecular formula is C12H13Cl3O3Si. The highest BCUT2D eigenvalue weighted by Crippen LogP contribution is 2.34. The van der Waals surface area contributed by atoms with Crippen molar-refractivity contribution in [2.75, 3.05) is 6.61 Å². The summed E-state index contributed by atoms with van der Waals surface area (Å²) in [6, 6.07) is 8.95. The lowest BCUT2D eigenvalue weighted by Crippen LogP contribution is -2.25. The lowest BCUT2D eigenvalue weighted by molar-refractivity contribution is -0.139. The van der Waals surface area contributed by atoms with Gasteiger partial charge in [0.05, 0.1) is 12.2 Å². The van der Waals surface area contributed by atoms with Crippen molar-refractivity contribution in [3.05, 3.63) is 48.0 Å². The molecule has 0 aromatic heterocycles. The quantitative estimate of drug-likeness (QED) is 0.340. The van der Waals surface area contributed by atoms with Gasteiger partial charge in [-0.15, -0.1) is 0 Å². The van der Waals surface area contributed by atoms with E-state index in [2.05, 4.69) is 6.58 Å². The Balaban J connectivity index is 3.00. The van der Waals surface area contributed by atoms with Gasteiger partial charge in [0, 0.05) is 0 Å². The minimum absolute atomic E-state index is 0.104. The first-order valence-corrected chi connectivity index (χ1v) is 10.4. The highest BCUT2D eigenvalue weighted by molar-refractivity contribution is 7.62. The van der Waals surface area contributed by atoms with Gasteiger partial charge in [-0.2, -0.15) is 0 Å². The Morgan fingerprint density at radius 3 is 2.37 bits per heavy atom. The first kappa shape index (κ1) is 16.5. The second kappa shape index (κ2) is 7.31. The summed E-state index contributed by atoms with van der Waals surface area (Å²) in [4.78, 5) is 11.7. The topological polar surface area (TPSA) is 35.5 Å². The average molecular weight is 340 g/mol. The van der Waals surface area contributed by atoms with Gasteiger partial charge >= 0.3 is 12.2 Å². The maximum absolute atomic E-state index is 11.7. The molecular weight excluding hydrogens is 327 g/mol. The molecule has 0 bridgehead atoms. The Morgan fingerprint density at radius 1 is 1.32 bits per heavy atom. The number of carbonyl (C=O) groups is 1. The fraction of sp³-hybridized carbons (Fsp3) is 0.250. The van der Waals surface area contributed by atoms with Crippen LogP contribution in [0.1, 0.15) is 18.6 Å². The van der Waals surface area contributed by atoms with Crippen LogP contribution in [0.2, 0.25) is 0 Å². The molecule has 0 radical (unpaired) electrons. The fourth-order valence-electron chi connectivity index (χ4n) is 1.43. The molecule has 1 aromatic rings. The van der Waals surface area contributed by atoms with Crippen molar-refractivity contribution in [1.82, 2.24) is 0 Å². The van der Waals surface area contributed by atoms with Gasteiger partial charge in [-0.1, -0.05) is 70.1 Å². The zero-order valence-corrected chi connectivity index (χ0v) is 13.5. The summed E-state index contributed by atoms with van der Waals surface area (Å²) >= 11 is 17.3. The normalized spacial score (nSPS) is 12.8. The van der Waals surface area contributed by atoms with Crippen molar-refractivity contribution in [2.45, 2.75) is 13.0 Å². The number of esters is 1. The standard InChI is InChI=1S/C12H13Cl3O3Si/c1-3-17-12(16)9(2)11(18-19(13,14)15)10-7-5-4-6-8-10/h4-8,11H,2-3H2,1H3. The van der Waals surface area contributed by atoms with Crippen molar-refractivity contribution in [1.29, 1.82) is 0 Å². The van der Waals surface area contributed by atoms with E-state index in [9.17, 15) is 4.79 Å². The van der Waals surface area contributed by atoms with Crippen LogP contribution < -0.4 is 0 Å². The summed E-state index contributed by atoms with van der Waals surface area (Å²) in [5, 5.41) is 0. The van der Waals surface area contributed by atoms with Gasteiger partial charge in [0.15, 0.2) is 0 Å². The monoisotopic (exact) mass is 338 g/mol. The maximum Gasteiger partial charge on any atom is 0.494 e. The van der Waals surface area contributed by atoms with E-state index < -0.39 is 18.3 Å². The number of ether oxygens (including phenoxy) is 1. The number of hydrogen-bond acceptors (Lipinski definition) is 3. The van der Waals surface area contributed by atoms with Crippen molar-refractivity contribution >= 4 is 45.5 Å². The van der Waals surface area contributed by atoms with Crippen LogP contribution in [-0.4, -0.2) is 18.8 Å². The van der Waals surface area contributed by atoms with Crippen LogP contribution in [0.4, 0.5) is 0 Å². The van der Waals surface area contributed by atoms with E-state index in [-0.39, 0.29) is 12.2 Å². The lowest BCUT2D eigenvalue weighted by atomic mass is 10.0. The van der Waals surface area contributed by atoms with E-state index in [4.69, 9.17) is 42.4 Å². The van der Waals surface area contributed by atoms with E-state index >= 15 is 0 Å². The largest absolute Gasteiger partial charge is 0.494 e. The van der Waals surface area contributed by atoms with Crippen molar-refractivity contribution in [3.63, 3.8) is 0 Å². The fourth-order valence-corrected chi connectivity index (χ4v) is 2.78. The third-order valence-corrected chi connectivity index (χ3v) is 3.51. The molecule has 104 valence electrons. The van der Waals surface area contributed by atoms with Crippen LogP contribution >= 0.6 is 33.2 Å². The molecule has 0 heterocycles. The molecule has 1 rings (SSSR count). The molecule has 0 aliphatic carbocycles. The van der Waals surface area contributed by atoms with Crippen LogP contribution in [0.5, 0.6) is 0 Å². The van der Waals surface area contributed by atoms with Crippen LogP contribution in [0, 0.1) is 0 Å². The number of rotatable bonds is 6. The van der Waals surface area contributed by atoms with Crippen LogP contribution in [0.25, 0.3) is 0 Å². The Morgan fingerprint density at radius 2 is 1.89 bits per heavy atom. The molecule has 0 fully saturated rings. The van der Waals surface area contributed by atoms with E-state index in [0.29, 0.717) is 5.56 Å². The molecule has 0 amide bonds. The summed E-state index contributed by atoms with van der Waals surface area (Å²) in [7, 11) is 0. The Hall–Kier alpha value is -0.523. The van der Waals surface area contributed by atoms with Crippen LogP contribution in [0.15, 0.2) is 42.5 Å². The number of carbonyl (C=O) groups excluding carboxylic acids is 1. The van der Waals surface area contributed by atoms with Crippen LogP contribution in [-0.2, 0) is 14.0 Å². The predicted octanol–water partition coefficient (Wildman–Crippen LogP) is 4.02. The zero-order valence-electron chi connectivity index (χ0n) is 10.2. The van der Waals surface area contributed by atoms with Crippen molar-refractivity contribution in [3.8, 4) is 0 Å². The highest BCUT2D eigenvalue weighted by Gasteiger charge is 2.35. The van der Waals surface area contributed by atoms with E-state index in [1.165, 1.54) is 0 Å². The number of benzene rings is 1. The second-order valence-electron chi connectivity index (χ2n) is 3.60. The molecule has 0 saturated carbocycles. The van der Waals surface area contributed by atoms with Gasteiger partial charge in [-0.05, 0) is 12.5 Å². The number of hydrogen-bond donors (Lipinski definition) is 0. The van der Waals surface area contributed by atoms with Gasteiger partial charge < -0.3 is 9.16 Å². The summed E-state index contributed by atoms with van der Waals surface area (Å²) < 4.78 is 10.3. The molecule has 0 N–H and O–H groups in total. The van der Waals surface area contributed by atoms with Gasteiger partial charge in [-0.3, -0.25) is 0 Å². The van der Waals surface area contributed by atoms with Gasteiger partial charge in [0.2, 0.25) is 0 Å². The first-order chi connectivity index (χ1) is 8.85. The molecule has 7 heteroatoms. The van der Waals surface area contributed by atoms with Gasteiger partial charge in [0.25, 0.3) is 0 Å². The molecule has 1 unspecified atom stereocenters. The molecule has 1 atom stereocenters. The molecule has 19 heavy (non-hydrogen) atoms. The SMILES string of the molecule is C=C(C(=O)OCC)C(O[Si](Cl)(Cl)Cl)c1ccccc1. The molecule has 0 aliphatic heterocycles. The molecule has 1 aromatic carbocycles. The Kier molecular flexibility index (Phi) is 6.36. The summed E-state index contributed by atoms with van der Waals surface area (Å²) in [5.74, 6) is -0.570. The molecule has 0 aliphatic rings. The summed E-state index contributed by atoms with van der Waals surface area (Å²) in [6.07, 6.45) is -4.21. The summed E-state index contributed by atoms with van der Waals surface area (Å²) in [5.41, 5.74) is 0.784.